The second-order valence-electron chi connectivity index (χ2n) is 7.59. The number of hydrogen-bond donors (Lipinski definition) is 1. The highest BCUT2D eigenvalue weighted by Gasteiger charge is 2.38. The molecule has 1 heterocycles. The molecule has 1 aromatic rings. The summed E-state index contributed by atoms with van der Waals surface area (Å²) in [6.07, 6.45) is 11.6. The minimum atomic E-state index is -0.924. The van der Waals surface area contributed by atoms with Gasteiger partial charge in [-0.1, -0.05) is 32.8 Å². The first-order valence-electron chi connectivity index (χ1n) is 9.92. The van der Waals surface area contributed by atoms with E-state index in [9.17, 15) is 14.7 Å². The van der Waals surface area contributed by atoms with Crippen LogP contribution in [0.4, 0.5) is 5.69 Å². The van der Waals surface area contributed by atoms with Crippen molar-refractivity contribution in [3.63, 3.8) is 0 Å². The number of allylic oxidation sites excluding steroid dienone is 2. The minimum Gasteiger partial charge on any atom is -0.477 e. The number of carbonyl (C=O) groups excluding carboxylic acids is 1. The van der Waals surface area contributed by atoms with Crippen molar-refractivity contribution < 1.29 is 14.7 Å². The number of amides is 1. The number of aromatic carboxylic acids is 1. The molecule has 3 rings (SSSR count). The summed E-state index contributed by atoms with van der Waals surface area (Å²) in [6.45, 7) is 4.10. The van der Waals surface area contributed by atoms with Crippen molar-refractivity contribution in [1.82, 2.24) is 0 Å². The Hall–Kier alpha value is -1.62. The van der Waals surface area contributed by atoms with E-state index in [1.54, 1.807) is 0 Å². The van der Waals surface area contributed by atoms with Crippen LogP contribution in [-0.4, -0.2) is 23.0 Å². The van der Waals surface area contributed by atoms with Gasteiger partial charge in [-0.15, -0.1) is 11.3 Å². The molecule has 0 radical (unpaired) electrons. The Morgan fingerprint density at radius 3 is 2.69 bits per heavy atom. The van der Waals surface area contributed by atoms with Gasteiger partial charge in [0.05, 0.1) is 5.69 Å². The molecule has 5 heteroatoms. The van der Waals surface area contributed by atoms with Crippen LogP contribution in [0.15, 0.2) is 12.1 Å². The van der Waals surface area contributed by atoms with Crippen LogP contribution < -0.4 is 4.90 Å². The molecule has 2 aliphatic carbocycles. The highest BCUT2D eigenvalue weighted by atomic mass is 32.1. The summed E-state index contributed by atoms with van der Waals surface area (Å²) in [5, 5.41) is 9.74. The van der Waals surface area contributed by atoms with Gasteiger partial charge in [0.25, 0.3) is 0 Å². The number of carbonyl (C=O) groups is 2. The van der Waals surface area contributed by atoms with Gasteiger partial charge < -0.3 is 10.0 Å². The lowest BCUT2D eigenvalue weighted by atomic mass is 9.98. The molecule has 1 N–H and O–H groups in total. The number of unbranched alkanes of at least 4 members (excludes halogenated alkanes) is 1. The molecule has 0 saturated heterocycles. The van der Waals surface area contributed by atoms with Crippen LogP contribution in [0.2, 0.25) is 0 Å². The predicted molar refractivity (Wildman–Crippen MR) is 107 cm³/mol. The lowest BCUT2D eigenvalue weighted by Gasteiger charge is -2.25. The fourth-order valence-corrected chi connectivity index (χ4v) is 4.69. The first-order chi connectivity index (χ1) is 12.5. The molecular weight excluding hydrogens is 346 g/mol. The first-order valence-corrected chi connectivity index (χ1v) is 10.7. The number of thiophene rings is 1. The van der Waals surface area contributed by atoms with E-state index >= 15 is 0 Å². The van der Waals surface area contributed by atoms with E-state index in [-0.39, 0.29) is 17.9 Å². The average Bonchev–Trinajstić information content (AvgIpc) is 3.37. The molecule has 0 aliphatic heterocycles. The van der Waals surface area contributed by atoms with Crippen molar-refractivity contribution in [2.24, 2.45) is 5.92 Å². The van der Waals surface area contributed by atoms with Gasteiger partial charge in [0.2, 0.25) is 5.91 Å². The van der Waals surface area contributed by atoms with Gasteiger partial charge in [-0.25, -0.2) is 4.79 Å². The van der Waals surface area contributed by atoms with Crippen molar-refractivity contribution in [2.45, 2.75) is 77.7 Å². The third-order valence-electron chi connectivity index (χ3n) is 5.34. The maximum Gasteiger partial charge on any atom is 0.348 e. The molecule has 2 aliphatic rings. The number of anilines is 1. The quantitative estimate of drug-likeness (QED) is 0.631. The van der Waals surface area contributed by atoms with Gasteiger partial charge in [-0.05, 0) is 56.6 Å². The Balaban J connectivity index is 1.93. The van der Waals surface area contributed by atoms with E-state index in [4.69, 9.17) is 0 Å². The number of hydrogen-bond acceptors (Lipinski definition) is 3. The Labute approximate surface area is 159 Å². The van der Waals surface area contributed by atoms with Crippen molar-refractivity contribution in [1.29, 1.82) is 0 Å². The molecule has 1 amide bonds. The van der Waals surface area contributed by atoms with E-state index < -0.39 is 5.97 Å². The van der Waals surface area contributed by atoms with Gasteiger partial charge in [0.1, 0.15) is 4.88 Å². The summed E-state index contributed by atoms with van der Waals surface area (Å²) in [7, 11) is 0. The number of carboxylic acid groups (broad SMARTS) is 1. The molecule has 0 spiro atoms. The smallest absolute Gasteiger partial charge is 0.348 e. The summed E-state index contributed by atoms with van der Waals surface area (Å²) < 4.78 is 0. The van der Waals surface area contributed by atoms with Crippen LogP contribution in [0.1, 0.15) is 86.2 Å². The molecule has 1 fully saturated rings. The monoisotopic (exact) mass is 375 g/mol. The minimum absolute atomic E-state index is 0.0607. The maximum absolute atomic E-state index is 13.1. The highest BCUT2D eigenvalue weighted by Crippen LogP contribution is 2.42. The summed E-state index contributed by atoms with van der Waals surface area (Å²) in [5.74, 6) is -0.896. The van der Waals surface area contributed by atoms with Gasteiger partial charge in [-0.2, -0.15) is 0 Å². The molecule has 142 valence electrons. The molecule has 1 unspecified atom stereocenters. The number of rotatable bonds is 8. The van der Waals surface area contributed by atoms with Crippen LogP contribution in [0.25, 0.3) is 5.57 Å². The first kappa shape index (κ1) is 19.2. The Kier molecular flexibility index (Phi) is 6.17. The van der Waals surface area contributed by atoms with Crippen LogP contribution >= 0.6 is 11.3 Å². The molecule has 4 nitrogen and oxygen atoms in total. The van der Waals surface area contributed by atoms with Crippen LogP contribution in [0.5, 0.6) is 0 Å². The largest absolute Gasteiger partial charge is 0.477 e. The number of carboxylic acids is 1. The molecule has 0 bridgehead atoms. The van der Waals surface area contributed by atoms with Gasteiger partial charge >= 0.3 is 5.97 Å². The van der Waals surface area contributed by atoms with Crippen LogP contribution in [-0.2, 0) is 4.79 Å². The van der Waals surface area contributed by atoms with E-state index in [1.807, 2.05) is 17.9 Å². The zero-order chi connectivity index (χ0) is 18.7. The highest BCUT2D eigenvalue weighted by molar-refractivity contribution is 7.15. The summed E-state index contributed by atoms with van der Waals surface area (Å²) in [4.78, 5) is 28.1. The molecule has 1 saturated carbocycles. The van der Waals surface area contributed by atoms with E-state index in [1.165, 1.54) is 23.3 Å². The predicted octanol–water partition coefficient (Wildman–Crippen LogP) is 5.73. The zero-order valence-electron chi connectivity index (χ0n) is 15.8. The Morgan fingerprint density at radius 1 is 1.35 bits per heavy atom. The molecule has 1 atom stereocenters. The van der Waals surface area contributed by atoms with Gasteiger partial charge in [0, 0.05) is 16.8 Å². The second-order valence-corrected chi connectivity index (χ2v) is 8.64. The molecule has 26 heavy (non-hydrogen) atoms. The van der Waals surface area contributed by atoms with Crippen molar-refractivity contribution in [2.75, 3.05) is 4.90 Å². The Morgan fingerprint density at radius 2 is 2.12 bits per heavy atom. The van der Waals surface area contributed by atoms with E-state index in [2.05, 4.69) is 13.0 Å². The van der Waals surface area contributed by atoms with Crippen LogP contribution in [0, 0.1) is 5.92 Å². The third kappa shape index (κ3) is 4.20. The fraction of sp³-hybridized carbons (Fsp3) is 0.619. The Bertz CT molecular complexity index is 702. The number of nitrogens with zero attached hydrogens (tertiary/aromatic N) is 1. The van der Waals surface area contributed by atoms with E-state index in [0.717, 1.165) is 56.2 Å². The lowest BCUT2D eigenvalue weighted by Crippen LogP contribution is -2.37. The SMILES string of the molecule is CCCCC(C)C(=O)N(c1cc(C2=CCCCC2)sc1C(=O)O)C1CC1. The fourth-order valence-electron chi connectivity index (χ4n) is 3.63. The van der Waals surface area contributed by atoms with Crippen LogP contribution in [0.3, 0.4) is 0 Å². The van der Waals surface area contributed by atoms with Gasteiger partial charge in [0.15, 0.2) is 0 Å². The third-order valence-corrected chi connectivity index (χ3v) is 6.52. The zero-order valence-corrected chi connectivity index (χ0v) is 16.6. The molecular formula is C21H29NO3S. The lowest BCUT2D eigenvalue weighted by molar-refractivity contribution is -0.122. The maximum atomic E-state index is 13.1. The van der Waals surface area contributed by atoms with Gasteiger partial charge in [-0.3, -0.25) is 4.79 Å². The summed E-state index contributed by atoms with van der Waals surface area (Å²) in [5.41, 5.74) is 1.87. The van der Waals surface area contributed by atoms with Crippen molar-refractivity contribution >= 4 is 34.5 Å². The summed E-state index contributed by atoms with van der Waals surface area (Å²) >= 11 is 1.33. The second kappa shape index (κ2) is 8.38. The topological polar surface area (TPSA) is 57.6 Å². The normalized spacial score (nSPS) is 18.3. The van der Waals surface area contributed by atoms with Crippen molar-refractivity contribution in [3.05, 3.63) is 21.9 Å². The molecule has 1 aromatic heterocycles. The average molecular weight is 376 g/mol. The standard InChI is InChI=1S/C21H29NO3S/c1-3-4-8-14(2)20(23)22(16-11-12-16)17-13-18(26-19(17)21(24)25)15-9-6-5-7-10-15/h9,13-14,16H,3-8,10-12H2,1-2H3,(H,24,25). The van der Waals surface area contributed by atoms with Crippen molar-refractivity contribution in [3.8, 4) is 0 Å². The van der Waals surface area contributed by atoms with E-state index in [0.29, 0.717) is 10.6 Å². The molecule has 0 aromatic carbocycles. The summed E-state index contributed by atoms with van der Waals surface area (Å²) in [6, 6.07) is 2.14.